The van der Waals surface area contributed by atoms with Crippen LogP contribution >= 0.6 is 0 Å². The number of nitrogens with zero attached hydrogens (tertiary/aromatic N) is 1. The second-order valence-electron chi connectivity index (χ2n) is 4.70. The van der Waals surface area contributed by atoms with Gasteiger partial charge >= 0.3 is 0 Å². The number of hydrogen-bond donors (Lipinski definition) is 2. The van der Waals surface area contributed by atoms with Crippen LogP contribution in [0.2, 0.25) is 0 Å². The summed E-state index contributed by atoms with van der Waals surface area (Å²) in [5, 5.41) is 2.48. The molecular weight excluding hydrogens is 282 g/mol. The van der Waals surface area contributed by atoms with Crippen molar-refractivity contribution in [3.05, 3.63) is 58.9 Å². The van der Waals surface area contributed by atoms with E-state index in [2.05, 4.69) is 10.3 Å². The number of nitrogens with two attached hydrogens (primary N) is 1. The van der Waals surface area contributed by atoms with E-state index in [9.17, 15) is 9.59 Å². The molecule has 3 N–H and O–H groups in total. The minimum atomic E-state index is -0.598. The Labute approximate surface area is 128 Å². The van der Waals surface area contributed by atoms with Crippen molar-refractivity contribution in [1.29, 1.82) is 0 Å². The van der Waals surface area contributed by atoms with Crippen molar-refractivity contribution < 1.29 is 14.3 Å². The molecule has 0 aliphatic carbocycles. The van der Waals surface area contributed by atoms with Crippen LogP contribution in [0.25, 0.3) is 0 Å². The number of benzene rings is 1. The molecule has 0 saturated carbocycles. The number of hydrogen-bond acceptors (Lipinski definition) is 4. The number of rotatable bonds is 5. The van der Waals surface area contributed by atoms with Gasteiger partial charge in [0.05, 0.1) is 7.11 Å². The lowest BCUT2D eigenvalue weighted by molar-refractivity contribution is 0.0958. The van der Waals surface area contributed by atoms with Crippen LogP contribution in [0, 0.1) is 0 Å². The summed E-state index contributed by atoms with van der Waals surface area (Å²) in [7, 11) is 3.09. The summed E-state index contributed by atoms with van der Waals surface area (Å²) in [4.78, 5) is 27.4. The first-order chi connectivity index (χ1) is 10.5. The average Bonchev–Trinajstić information content (AvgIpc) is 2.53. The molecule has 1 aromatic heterocycles. The van der Waals surface area contributed by atoms with E-state index in [0.29, 0.717) is 12.1 Å². The Kier molecular flexibility index (Phi) is 4.73. The Balaban J connectivity index is 2.38. The van der Waals surface area contributed by atoms with Gasteiger partial charge in [-0.3, -0.25) is 9.59 Å². The molecule has 1 heterocycles. The van der Waals surface area contributed by atoms with Gasteiger partial charge in [0.25, 0.3) is 5.91 Å². The fourth-order valence-electron chi connectivity index (χ4n) is 2.06. The number of amides is 2. The second-order valence-corrected chi connectivity index (χ2v) is 4.70. The van der Waals surface area contributed by atoms with Gasteiger partial charge in [-0.2, -0.15) is 0 Å². The number of carbonyl (C=O) groups is 2. The highest BCUT2D eigenvalue weighted by Crippen LogP contribution is 2.16. The molecule has 2 rings (SSSR count). The number of primary amides is 1. The highest BCUT2D eigenvalue weighted by atomic mass is 16.5. The Morgan fingerprint density at radius 1 is 1.27 bits per heavy atom. The molecule has 0 fully saturated rings. The van der Waals surface area contributed by atoms with E-state index in [-0.39, 0.29) is 17.2 Å². The summed E-state index contributed by atoms with van der Waals surface area (Å²) in [6.07, 6.45) is 0.461. The minimum Gasteiger partial charge on any atom is -0.497 e. The lowest BCUT2D eigenvalue weighted by atomic mass is 10.1. The molecule has 114 valence electrons. The Morgan fingerprint density at radius 2 is 2.05 bits per heavy atom. The molecule has 0 radical (unpaired) electrons. The van der Waals surface area contributed by atoms with Crippen molar-refractivity contribution in [2.75, 3.05) is 14.2 Å². The highest BCUT2D eigenvalue weighted by molar-refractivity contribution is 5.97. The fraction of sp³-hybridized carbons (Fsp3) is 0.188. The zero-order valence-corrected chi connectivity index (χ0v) is 12.4. The largest absolute Gasteiger partial charge is 0.497 e. The number of carbonyl (C=O) groups excluding carboxylic acids is 2. The SMILES string of the molecule is CNC(=O)c1cc(C(N)=O)cc(Cc2cccc(OC)c2)n1. The minimum absolute atomic E-state index is 0.164. The Hall–Kier alpha value is -2.89. The summed E-state index contributed by atoms with van der Waals surface area (Å²) in [6, 6.07) is 10.5. The van der Waals surface area contributed by atoms with E-state index in [4.69, 9.17) is 10.5 Å². The standard InChI is InChI=1S/C16H17N3O3/c1-18-16(21)14-9-11(15(17)20)8-12(19-14)6-10-4-3-5-13(7-10)22-2/h3-5,7-9H,6H2,1-2H3,(H2,17,20)(H,18,21). The van der Waals surface area contributed by atoms with E-state index in [1.165, 1.54) is 13.1 Å². The third-order valence-corrected chi connectivity index (χ3v) is 3.14. The van der Waals surface area contributed by atoms with Crippen molar-refractivity contribution in [2.24, 2.45) is 5.73 Å². The molecule has 1 aromatic carbocycles. The lowest BCUT2D eigenvalue weighted by Gasteiger charge is -2.08. The molecule has 0 unspecified atom stereocenters. The predicted octanol–water partition coefficient (Wildman–Crippen LogP) is 1.14. The van der Waals surface area contributed by atoms with Crippen molar-refractivity contribution in [1.82, 2.24) is 10.3 Å². The van der Waals surface area contributed by atoms with E-state index in [1.54, 1.807) is 13.2 Å². The van der Waals surface area contributed by atoms with Crippen LogP contribution in [0.3, 0.4) is 0 Å². The molecular formula is C16H17N3O3. The summed E-state index contributed by atoms with van der Waals surface area (Å²) in [5.74, 6) is -0.232. The van der Waals surface area contributed by atoms with Gasteiger partial charge < -0.3 is 15.8 Å². The van der Waals surface area contributed by atoms with Gasteiger partial charge in [0.1, 0.15) is 11.4 Å². The average molecular weight is 299 g/mol. The van der Waals surface area contributed by atoms with E-state index >= 15 is 0 Å². The van der Waals surface area contributed by atoms with Crippen molar-refractivity contribution in [3.63, 3.8) is 0 Å². The van der Waals surface area contributed by atoms with Crippen LogP contribution in [0.15, 0.2) is 36.4 Å². The zero-order valence-electron chi connectivity index (χ0n) is 12.4. The summed E-state index contributed by atoms with van der Waals surface area (Å²) in [6.45, 7) is 0. The monoisotopic (exact) mass is 299 g/mol. The quantitative estimate of drug-likeness (QED) is 0.865. The maximum absolute atomic E-state index is 11.7. The lowest BCUT2D eigenvalue weighted by Crippen LogP contribution is -2.21. The van der Waals surface area contributed by atoms with Crippen molar-refractivity contribution in [3.8, 4) is 5.75 Å². The van der Waals surface area contributed by atoms with Crippen LogP contribution in [-0.2, 0) is 6.42 Å². The number of pyridine rings is 1. The molecule has 6 heteroatoms. The van der Waals surface area contributed by atoms with Gasteiger partial charge in [0.2, 0.25) is 5.91 Å². The number of nitrogens with one attached hydrogen (secondary N) is 1. The molecule has 0 aliphatic heterocycles. The first-order valence-electron chi connectivity index (χ1n) is 6.69. The topological polar surface area (TPSA) is 94.3 Å². The van der Waals surface area contributed by atoms with Gasteiger partial charge in [-0.15, -0.1) is 0 Å². The molecule has 22 heavy (non-hydrogen) atoms. The molecule has 0 spiro atoms. The third-order valence-electron chi connectivity index (χ3n) is 3.14. The number of aromatic nitrogens is 1. The van der Waals surface area contributed by atoms with Gasteiger partial charge in [0, 0.05) is 24.7 Å². The molecule has 0 saturated heterocycles. The zero-order chi connectivity index (χ0) is 16.1. The van der Waals surface area contributed by atoms with E-state index < -0.39 is 5.91 Å². The highest BCUT2D eigenvalue weighted by Gasteiger charge is 2.12. The normalized spacial score (nSPS) is 10.1. The smallest absolute Gasteiger partial charge is 0.269 e. The van der Waals surface area contributed by atoms with E-state index in [1.807, 2.05) is 24.3 Å². The molecule has 0 bridgehead atoms. The fourth-order valence-corrected chi connectivity index (χ4v) is 2.06. The molecule has 0 atom stereocenters. The van der Waals surface area contributed by atoms with Gasteiger partial charge in [0.15, 0.2) is 0 Å². The first kappa shape index (κ1) is 15.5. The van der Waals surface area contributed by atoms with Crippen molar-refractivity contribution >= 4 is 11.8 Å². The molecule has 2 aromatic rings. The van der Waals surface area contributed by atoms with Gasteiger partial charge in [-0.25, -0.2) is 4.98 Å². The number of methoxy groups -OCH3 is 1. The van der Waals surface area contributed by atoms with Crippen LogP contribution < -0.4 is 15.8 Å². The van der Waals surface area contributed by atoms with Gasteiger partial charge in [-0.05, 0) is 29.8 Å². The molecule has 6 nitrogen and oxygen atoms in total. The Bertz CT molecular complexity index is 714. The van der Waals surface area contributed by atoms with E-state index in [0.717, 1.165) is 11.3 Å². The second kappa shape index (κ2) is 6.71. The third kappa shape index (κ3) is 3.60. The summed E-state index contributed by atoms with van der Waals surface area (Å²) < 4.78 is 5.18. The Morgan fingerprint density at radius 3 is 2.68 bits per heavy atom. The maximum atomic E-state index is 11.7. The first-order valence-corrected chi connectivity index (χ1v) is 6.69. The maximum Gasteiger partial charge on any atom is 0.269 e. The van der Waals surface area contributed by atoms with Crippen LogP contribution in [0.1, 0.15) is 32.1 Å². The number of ether oxygens (including phenoxy) is 1. The van der Waals surface area contributed by atoms with Crippen LogP contribution in [-0.4, -0.2) is 31.0 Å². The molecule has 0 aliphatic rings. The molecule has 2 amide bonds. The van der Waals surface area contributed by atoms with Gasteiger partial charge in [-0.1, -0.05) is 12.1 Å². The van der Waals surface area contributed by atoms with Crippen molar-refractivity contribution in [2.45, 2.75) is 6.42 Å². The predicted molar refractivity (Wildman–Crippen MR) is 81.9 cm³/mol. The van der Waals surface area contributed by atoms with Crippen LogP contribution in [0.4, 0.5) is 0 Å². The van der Waals surface area contributed by atoms with Crippen LogP contribution in [0.5, 0.6) is 5.75 Å². The summed E-state index contributed by atoms with van der Waals surface area (Å²) in [5.41, 5.74) is 7.27. The summed E-state index contributed by atoms with van der Waals surface area (Å²) >= 11 is 0.